The van der Waals surface area contributed by atoms with Gasteiger partial charge in [-0.1, -0.05) is 6.07 Å². The Hall–Kier alpha value is -2.41. The molecule has 90 valence electrons. The molecule has 0 radical (unpaired) electrons. The van der Waals surface area contributed by atoms with Gasteiger partial charge < -0.3 is 4.57 Å². The Labute approximate surface area is 104 Å². The van der Waals surface area contributed by atoms with Crippen LogP contribution in [-0.2, 0) is 6.54 Å². The SMILES string of the molecule is Cc1cccn(Cc2cc(C#N)ccc2F)c1=O. The molecular formula is C14H11FN2O. The van der Waals surface area contributed by atoms with E-state index in [1.165, 1.54) is 22.8 Å². The van der Waals surface area contributed by atoms with Gasteiger partial charge in [-0.05, 0) is 31.2 Å². The first-order chi connectivity index (χ1) is 8.61. The highest BCUT2D eigenvalue weighted by molar-refractivity contribution is 5.34. The molecule has 0 N–H and O–H groups in total. The van der Waals surface area contributed by atoms with Crippen molar-refractivity contribution in [3.63, 3.8) is 0 Å². The number of nitriles is 1. The number of rotatable bonds is 2. The minimum absolute atomic E-state index is 0.127. The molecule has 2 aromatic rings. The number of nitrogens with zero attached hydrogens (tertiary/aromatic N) is 2. The second-order valence-corrected chi connectivity index (χ2v) is 4.04. The number of hydrogen-bond acceptors (Lipinski definition) is 2. The molecular weight excluding hydrogens is 231 g/mol. The number of benzene rings is 1. The van der Waals surface area contributed by atoms with Gasteiger partial charge in [-0.25, -0.2) is 4.39 Å². The number of aryl methyl sites for hydroxylation is 1. The fourth-order valence-electron chi connectivity index (χ4n) is 1.73. The molecule has 0 saturated heterocycles. The number of hydrogen-bond donors (Lipinski definition) is 0. The number of halogens is 1. The molecule has 1 heterocycles. The van der Waals surface area contributed by atoms with Crippen LogP contribution in [0.3, 0.4) is 0 Å². The van der Waals surface area contributed by atoms with Crippen LogP contribution in [-0.4, -0.2) is 4.57 Å². The molecule has 4 heteroatoms. The van der Waals surface area contributed by atoms with Crippen molar-refractivity contribution in [2.24, 2.45) is 0 Å². The third-order valence-corrected chi connectivity index (χ3v) is 2.73. The van der Waals surface area contributed by atoms with E-state index in [-0.39, 0.29) is 12.1 Å². The Bertz CT molecular complexity index is 683. The van der Waals surface area contributed by atoms with Crippen molar-refractivity contribution in [3.05, 3.63) is 69.4 Å². The Balaban J connectivity index is 2.43. The fraction of sp³-hybridized carbons (Fsp3) is 0.143. The van der Waals surface area contributed by atoms with Crippen molar-refractivity contribution in [1.82, 2.24) is 4.57 Å². The lowest BCUT2D eigenvalue weighted by Crippen LogP contribution is -2.22. The molecule has 18 heavy (non-hydrogen) atoms. The third kappa shape index (κ3) is 2.30. The quantitative estimate of drug-likeness (QED) is 0.810. The molecule has 0 amide bonds. The Kier molecular flexibility index (Phi) is 3.24. The summed E-state index contributed by atoms with van der Waals surface area (Å²) in [5.41, 5.74) is 1.17. The predicted molar refractivity (Wildman–Crippen MR) is 65.7 cm³/mol. The lowest BCUT2D eigenvalue weighted by molar-refractivity contribution is 0.595. The van der Waals surface area contributed by atoms with Gasteiger partial charge in [0, 0.05) is 17.3 Å². The van der Waals surface area contributed by atoms with Gasteiger partial charge in [-0.2, -0.15) is 5.26 Å². The van der Waals surface area contributed by atoms with Crippen molar-refractivity contribution in [1.29, 1.82) is 5.26 Å². The van der Waals surface area contributed by atoms with Crippen LogP contribution in [0, 0.1) is 24.1 Å². The van der Waals surface area contributed by atoms with Gasteiger partial charge in [0.1, 0.15) is 5.82 Å². The number of aromatic nitrogens is 1. The molecule has 0 unspecified atom stereocenters. The molecule has 0 saturated carbocycles. The maximum absolute atomic E-state index is 13.6. The zero-order valence-electron chi connectivity index (χ0n) is 9.85. The Morgan fingerprint density at radius 3 is 2.89 bits per heavy atom. The Morgan fingerprint density at radius 1 is 1.39 bits per heavy atom. The molecule has 3 nitrogen and oxygen atoms in total. The highest BCUT2D eigenvalue weighted by atomic mass is 19.1. The summed E-state index contributed by atoms with van der Waals surface area (Å²) in [6.45, 7) is 1.84. The van der Waals surface area contributed by atoms with Gasteiger partial charge in [0.2, 0.25) is 0 Å². The minimum atomic E-state index is -0.414. The molecule has 0 aliphatic carbocycles. The van der Waals surface area contributed by atoms with Crippen LogP contribution in [0.25, 0.3) is 0 Å². The molecule has 0 bridgehead atoms. The average molecular weight is 242 g/mol. The van der Waals surface area contributed by atoms with E-state index in [1.807, 2.05) is 6.07 Å². The van der Waals surface area contributed by atoms with E-state index >= 15 is 0 Å². The maximum atomic E-state index is 13.6. The second-order valence-electron chi connectivity index (χ2n) is 4.04. The Morgan fingerprint density at radius 2 is 2.17 bits per heavy atom. The first-order valence-corrected chi connectivity index (χ1v) is 5.46. The average Bonchev–Trinajstić information content (AvgIpc) is 2.37. The predicted octanol–water partition coefficient (Wildman–Crippen LogP) is 2.22. The molecule has 2 rings (SSSR count). The minimum Gasteiger partial charge on any atom is -0.311 e. The monoisotopic (exact) mass is 242 g/mol. The molecule has 0 aliphatic heterocycles. The smallest absolute Gasteiger partial charge is 0.253 e. The second kappa shape index (κ2) is 4.84. The zero-order valence-corrected chi connectivity index (χ0v) is 9.85. The van der Waals surface area contributed by atoms with Crippen molar-refractivity contribution >= 4 is 0 Å². The van der Waals surface area contributed by atoms with E-state index in [0.717, 1.165) is 0 Å². The summed E-state index contributed by atoms with van der Waals surface area (Å²) in [4.78, 5) is 11.8. The van der Waals surface area contributed by atoms with Crippen LogP contribution in [0.2, 0.25) is 0 Å². The summed E-state index contributed by atoms with van der Waals surface area (Å²) in [7, 11) is 0. The highest BCUT2D eigenvalue weighted by Gasteiger charge is 2.06. The first-order valence-electron chi connectivity index (χ1n) is 5.46. The van der Waals surface area contributed by atoms with Crippen LogP contribution in [0.4, 0.5) is 4.39 Å². The van der Waals surface area contributed by atoms with Gasteiger partial charge in [0.25, 0.3) is 5.56 Å². The lowest BCUT2D eigenvalue weighted by Gasteiger charge is -2.07. The maximum Gasteiger partial charge on any atom is 0.253 e. The fourth-order valence-corrected chi connectivity index (χ4v) is 1.73. The first kappa shape index (κ1) is 12.1. The van der Waals surface area contributed by atoms with Gasteiger partial charge in [-0.3, -0.25) is 4.79 Å². The van der Waals surface area contributed by atoms with Crippen LogP contribution < -0.4 is 5.56 Å². The van der Waals surface area contributed by atoms with Crippen molar-refractivity contribution < 1.29 is 4.39 Å². The largest absolute Gasteiger partial charge is 0.311 e. The topological polar surface area (TPSA) is 45.8 Å². The standard InChI is InChI=1S/C14H11FN2O/c1-10-3-2-6-17(14(10)18)9-12-7-11(8-16)4-5-13(12)15/h2-7H,9H2,1H3. The molecule has 0 aliphatic rings. The van der Waals surface area contributed by atoms with Gasteiger partial charge in [0.15, 0.2) is 0 Å². The van der Waals surface area contributed by atoms with Gasteiger partial charge >= 0.3 is 0 Å². The summed E-state index contributed by atoms with van der Waals surface area (Å²) < 4.78 is 15.0. The molecule has 1 aromatic heterocycles. The van der Waals surface area contributed by atoms with E-state index in [9.17, 15) is 9.18 Å². The molecule has 0 spiro atoms. The highest BCUT2D eigenvalue weighted by Crippen LogP contribution is 2.11. The summed E-state index contributed by atoms with van der Waals surface area (Å²) in [5, 5.41) is 8.78. The van der Waals surface area contributed by atoms with Gasteiger partial charge in [0.05, 0.1) is 18.2 Å². The van der Waals surface area contributed by atoms with Crippen LogP contribution >= 0.6 is 0 Å². The molecule has 1 aromatic carbocycles. The van der Waals surface area contributed by atoms with Crippen LogP contribution in [0.15, 0.2) is 41.3 Å². The third-order valence-electron chi connectivity index (χ3n) is 2.73. The summed E-state index contributed by atoms with van der Waals surface area (Å²) in [6.07, 6.45) is 1.60. The summed E-state index contributed by atoms with van der Waals surface area (Å²) >= 11 is 0. The lowest BCUT2D eigenvalue weighted by atomic mass is 10.1. The normalized spacial score (nSPS) is 10.1. The van der Waals surface area contributed by atoms with Crippen LogP contribution in [0.1, 0.15) is 16.7 Å². The van der Waals surface area contributed by atoms with E-state index in [1.54, 1.807) is 25.3 Å². The van der Waals surface area contributed by atoms with Crippen molar-refractivity contribution in [3.8, 4) is 6.07 Å². The zero-order chi connectivity index (χ0) is 13.1. The van der Waals surface area contributed by atoms with E-state index in [2.05, 4.69) is 0 Å². The van der Waals surface area contributed by atoms with E-state index in [0.29, 0.717) is 16.7 Å². The van der Waals surface area contributed by atoms with Gasteiger partial charge in [-0.15, -0.1) is 0 Å². The molecule has 0 atom stereocenters. The van der Waals surface area contributed by atoms with E-state index in [4.69, 9.17) is 5.26 Å². The van der Waals surface area contributed by atoms with Crippen LogP contribution in [0.5, 0.6) is 0 Å². The summed E-state index contributed by atoms with van der Waals surface area (Å²) in [5.74, 6) is -0.414. The van der Waals surface area contributed by atoms with Crippen molar-refractivity contribution in [2.45, 2.75) is 13.5 Å². The number of pyridine rings is 1. The van der Waals surface area contributed by atoms with E-state index < -0.39 is 5.82 Å². The molecule has 0 fully saturated rings. The van der Waals surface area contributed by atoms with Crippen molar-refractivity contribution in [2.75, 3.05) is 0 Å². The summed E-state index contributed by atoms with van der Waals surface area (Å²) in [6, 6.07) is 9.52.